The van der Waals surface area contributed by atoms with Gasteiger partial charge in [0, 0.05) is 12.5 Å². The molecule has 0 unspecified atom stereocenters. The number of aliphatic imine (C=N–C) groups is 1. The minimum absolute atomic E-state index is 0.353. The predicted octanol–water partition coefficient (Wildman–Crippen LogP) is 1.21. The van der Waals surface area contributed by atoms with Crippen molar-refractivity contribution in [1.82, 2.24) is 0 Å². The number of thiocarbonyl (C=S) groups is 1. The summed E-state index contributed by atoms with van der Waals surface area (Å²) in [6, 6.07) is 0. The zero-order chi connectivity index (χ0) is 8.53. The van der Waals surface area contributed by atoms with Crippen molar-refractivity contribution in [1.29, 1.82) is 0 Å². The maximum absolute atomic E-state index is 10.4. The number of hydrogen-bond donors (Lipinski definition) is 0. The molecular weight excluding hydrogens is 162 g/mol. The van der Waals surface area contributed by atoms with Crippen LogP contribution in [0.1, 0.15) is 6.42 Å². The molecule has 0 aromatic rings. The zero-order valence-electron chi connectivity index (χ0n) is 6.08. The summed E-state index contributed by atoms with van der Waals surface area (Å²) in [5.41, 5.74) is 0. The smallest absolute Gasteiger partial charge is 0.330 e. The van der Waals surface area contributed by atoms with E-state index in [1.807, 2.05) is 0 Å². The number of ether oxygens (including phenoxy) is 1. The maximum Gasteiger partial charge on any atom is 0.330 e. The van der Waals surface area contributed by atoms with Crippen LogP contribution in [-0.4, -0.2) is 24.3 Å². The van der Waals surface area contributed by atoms with Gasteiger partial charge >= 0.3 is 5.97 Å². The van der Waals surface area contributed by atoms with Gasteiger partial charge < -0.3 is 4.74 Å². The van der Waals surface area contributed by atoms with E-state index in [1.54, 1.807) is 0 Å². The van der Waals surface area contributed by atoms with E-state index >= 15 is 0 Å². The SMILES string of the molecule is C=CC(=O)OCCCN=C=S. The highest BCUT2D eigenvalue weighted by atomic mass is 32.1. The van der Waals surface area contributed by atoms with Crippen molar-refractivity contribution in [2.24, 2.45) is 4.99 Å². The number of carbonyl (C=O) groups is 1. The van der Waals surface area contributed by atoms with Crippen LogP contribution in [0.2, 0.25) is 0 Å². The first-order valence-electron chi connectivity index (χ1n) is 3.14. The summed E-state index contributed by atoms with van der Waals surface area (Å²) in [6.45, 7) is 4.15. The standard InChI is InChI=1S/C7H9NO2S/c1-2-7(9)10-5-3-4-8-6-11/h2H,1,3-5H2. The van der Waals surface area contributed by atoms with Crippen LogP contribution in [0.5, 0.6) is 0 Å². The Morgan fingerprint density at radius 3 is 3.09 bits per heavy atom. The molecule has 0 aliphatic rings. The maximum atomic E-state index is 10.4. The van der Waals surface area contributed by atoms with E-state index < -0.39 is 5.97 Å². The van der Waals surface area contributed by atoms with Crippen LogP contribution in [0.4, 0.5) is 0 Å². The Balaban J connectivity index is 3.20. The molecule has 0 heterocycles. The van der Waals surface area contributed by atoms with Gasteiger partial charge in [0.05, 0.1) is 18.3 Å². The summed E-state index contributed by atoms with van der Waals surface area (Å²) in [5, 5.41) is 2.22. The third kappa shape index (κ3) is 6.90. The van der Waals surface area contributed by atoms with Gasteiger partial charge in [-0.05, 0) is 12.2 Å². The second-order valence-corrected chi connectivity index (χ2v) is 1.88. The quantitative estimate of drug-likeness (QED) is 0.205. The van der Waals surface area contributed by atoms with Crippen LogP contribution < -0.4 is 0 Å². The van der Waals surface area contributed by atoms with Crippen molar-refractivity contribution in [2.75, 3.05) is 13.2 Å². The van der Waals surface area contributed by atoms with Crippen LogP contribution in [0.15, 0.2) is 17.6 Å². The normalized spacial score (nSPS) is 8.00. The molecule has 0 N–H and O–H groups in total. The van der Waals surface area contributed by atoms with Crippen LogP contribution in [-0.2, 0) is 9.53 Å². The Morgan fingerprint density at radius 1 is 1.82 bits per heavy atom. The fourth-order valence-electron chi connectivity index (χ4n) is 0.421. The highest BCUT2D eigenvalue weighted by molar-refractivity contribution is 7.78. The molecule has 0 saturated carbocycles. The van der Waals surface area contributed by atoms with Gasteiger partial charge in [-0.2, -0.15) is 0 Å². The Bertz CT molecular complexity index is 185. The largest absolute Gasteiger partial charge is 0.462 e. The van der Waals surface area contributed by atoms with Gasteiger partial charge in [0.1, 0.15) is 0 Å². The summed E-state index contributed by atoms with van der Waals surface area (Å²) in [4.78, 5) is 14.1. The van der Waals surface area contributed by atoms with Crippen molar-refractivity contribution < 1.29 is 9.53 Å². The lowest BCUT2D eigenvalue weighted by molar-refractivity contribution is -0.137. The van der Waals surface area contributed by atoms with Crippen molar-refractivity contribution in [3.63, 3.8) is 0 Å². The summed E-state index contributed by atoms with van der Waals surface area (Å²) in [5.74, 6) is -0.406. The van der Waals surface area contributed by atoms with Gasteiger partial charge in [-0.1, -0.05) is 6.58 Å². The number of carbonyl (C=O) groups excluding carboxylic acids is 1. The zero-order valence-corrected chi connectivity index (χ0v) is 6.89. The first-order chi connectivity index (χ1) is 5.31. The lowest BCUT2D eigenvalue weighted by atomic mass is 10.5. The molecule has 0 radical (unpaired) electrons. The average molecular weight is 171 g/mol. The third-order valence-corrected chi connectivity index (χ3v) is 1.02. The third-order valence-electron chi connectivity index (χ3n) is 0.890. The van der Waals surface area contributed by atoms with E-state index in [0.29, 0.717) is 19.6 Å². The monoisotopic (exact) mass is 171 g/mol. The molecule has 0 fully saturated rings. The number of esters is 1. The first kappa shape index (κ1) is 10.0. The van der Waals surface area contributed by atoms with Crippen LogP contribution in [0, 0.1) is 0 Å². The molecule has 0 aliphatic heterocycles. The Hall–Kier alpha value is -0.990. The first-order valence-corrected chi connectivity index (χ1v) is 3.55. The highest BCUT2D eigenvalue weighted by Gasteiger charge is 1.92. The molecule has 0 saturated heterocycles. The second kappa shape index (κ2) is 7.12. The number of isothiocyanates is 1. The van der Waals surface area contributed by atoms with E-state index in [4.69, 9.17) is 0 Å². The van der Waals surface area contributed by atoms with Gasteiger partial charge in [0.2, 0.25) is 0 Å². The number of nitrogens with zero attached hydrogens (tertiary/aromatic N) is 1. The number of hydrogen-bond acceptors (Lipinski definition) is 4. The Kier molecular flexibility index (Phi) is 6.48. The molecule has 0 bridgehead atoms. The predicted molar refractivity (Wildman–Crippen MR) is 45.7 cm³/mol. The summed E-state index contributed by atoms with van der Waals surface area (Å²) in [6.07, 6.45) is 1.80. The van der Waals surface area contributed by atoms with E-state index in [9.17, 15) is 4.79 Å². The molecular formula is C7H9NO2S. The van der Waals surface area contributed by atoms with Gasteiger partial charge in [-0.25, -0.2) is 9.79 Å². The highest BCUT2D eigenvalue weighted by Crippen LogP contribution is 1.84. The average Bonchev–Trinajstić information content (AvgIpc) is 2.04. The van der Waals surface area contributed by atoms with Crippen molar-refractivity contribution in [3.8, 4) is 0 Å². The molecule has 4 heteroatoms. The summed E-state index contributed by atoms with van der Waals surface area (Å²) in [7, 11) is 0. The van der Waals surface area contributed by atoms with Gasteiger partial charge in [-0.3, -0.25) is 0 Å². The molecule has 0 aliphatic carbocycles. The minimum Gasteiger partial charge on any atom is -0.462 e. The minimum atomic E-state index is -0.406. The Morgan fingerprint density at radius 2 is 2.55 bits per heavy atom. The molecule has 0 aromatic carbocycles. The fraction of sp³-hybridized carbons (Fsp3) is 0.429. The van der Waals surface area contributed by atoms with Gasteiger partial charge in [-0.15, -0.1) is 0 Å². The molecule has 11 heavy (non-hydrogen) atoms. The van der Waals surface area contributed by atoms with Gasteiger partial charge in [0.25, 0.3) is 0 Å². The molecule has 60 valence electrons. The van der Waals surface area contributed by atoms with E-state index in [1.165, 1.54) is 0 Å². The molecule has 0 amide bonds. The molecule has 3 nitrogen and oxygen atoms in total. The van der Waals surface area contributed by atoms with Crippen LogP contribution >= 0.6 is 12.2 Å². The molecule has 0 spiro atoms. The van der Waals surface area contributed by atoms with E-state index in [2.05, 4.69) is 33.7 Å². The topological polar surface area (TPSA) is 38.7 Å². The van der Waals surface area contributed by atoms with E-state index in [-0.39, 0.29) is 0 Å². The molecule has 0 atom stereocenters. The lowest BCUT2D eigenvalue weighted by Crippen LogP contribution is -2.02. The summed E-state index contributed by atoms with van der Waals surface area (Å²) < 4.78 is 4.66. The van der Waals surface area contributed by atoms with Gasteiger partial charge in [0.15, 0.2) is 0 Å². The van der Waals surface area contributed by atoms with Crippen molar-refractivity contribution in [3.05, 3.63) is 12.7 Å². The van der Waals surface area contributed by atoms with E-state index in [0.717, 1.165) is 6.08 Å². The fourth-order valence-corrected chi connectivity index (χ4v) is 0.512. The number of rotatable bonds is 5. The van der Waals surface area contributed by atoms with Crippen molar-refractivity contribution >= 4 is 23.3 Å². The molecule has 0 aromatic heterocycles. The summed E-state index contributed by atoms with van der Waals surface area (Å²) >= 11 is 4.34. The Labute approximate surface area is 70.8 Å². The molecule has 0 rings (SSSR count). The van der Waals surface area contributed by atoms with Crippen LogP contribution in [0.3, 0.4) is 0 Å². The second-order valence-electron chi connectivity index (χ2n) is 1.70. The lowest BCUT2D eigenvalue weighted by Gasteiger charge is -1.97. The van der Waals surface area contributed by atoms with Crippen molar-refractivity contribution in [2.45, 2.75) is 6.42 Å². The van der Waals surface area contributed by atoms with Crippen LogP contribution in [0.25, 0.3) is 0 Å².